The molecule has 0 bridgehead atoms. The third kappa shape index (κ3) is 1.93. The molecule has 0 aliphatic rings. The van der Waals surface area contributed by atoms with E-state index < -0.39 is 5.82 Å². The molecule has 0 unspecified atom stereocenters. The molecule has 0 aliphatic carbocycles. The number of rotatable bonds is 1. The minimum absolute atomic E-state index is 0.203. The highest BCUT2D eigenvalue weighted by Gasteiger charge is 2.02. The Morgan fingerprint density at radius 3 is 2.91 bits per heavy atom. The number of aliphatic imine (C=N–C) groups is 1. The summed E-state index contributed by atoms with van der Waals surface area (Å²) in [5.74, 6) is -0.412. The van der Waals surface area contributed by atoms with Crippen molar-refractivity contribution in [2.75, 3.05) is 0 Å². The van der Waals surface area contributed by atoms with Crippen LogP contribution in [0.15, 0.2) is 27.7 Å². The van der Waals surface area contributed by atoms with Gasteiger partial charge in [0.25, 0.3) is 0 Å². The van der Waals surface area contributed by atoms with Crippen molar-refractivity contribution in [2.45, 2.75) is 0 Å². The number of benzene rings is 1. The molecule has 0 amide bonds. The van der Waals surface area contributed by atoms with Crippen molar-refractivity contribution in [3.05, 3.63) is 28.5 Å². The summed E-state index contributed by atoms with van der Waals surface area (Å²) < 4.78 is 13.3. The molecule has 1 nitrogen and oxygen atoms in total. The van der Waals surface area contributed by atoms with Crippen molar-refractivity contribution in [2.24, 2.45) is 4.99 Å². The predicted octanol–water partition coefficient (Wildman–Crippen LogP) is 3.32. The first kappa shape index (κ1) is 8.53. The van der Waals surface area contributed by atoms with Gasteiger partial charge in [-0.1, -0.05) is 6.07 Å². The van der Waals surface area contributed by atoms with Crippen LogP contribution in [0, 0.1) is 5.82 Å². The van der Waals surface area contributed by atoms with E-state index in [-0.39, 0.29) is 5.69 Å². The Hall–Kier alpha value is -0.570. The quantitative estimate of drug-likeness (QED) is 0.534. The zero-order valence-electron chi connectivity index (χ0n) is 5.34. The van der Waals surface area contributed by atoms with Gasteiger partial charge >= 0.3 is 0 Å². The molecule has 56 valence electrons. The maximum Gasteiger partial charge on any atom is 0.163 e. The zero-order valence-corrected chi connectivity index (χ0v) is 7.75. The van der Waals surface area contributed by atoms with Gasteiger partial charge in [-0.2, -0.15) is 4.99 Å². The molecule has 0 aromatic heterocycles. The van der Waals surface area contributed by atoms with E-state index >= 15 is 0 Å². The van der Waals surface area contributed by atoms with Crippen LogP contribution in [0.5, 0.6) is 0 Å². The van der Waals surface area contributed by atoms with E-state index in [1.54, 1.807) is 12.1 Å². The summed E-state index contributed by atoms with van der Waals surface area (Å²) in [6.07, 6.45) is 0. The maximum absolute atomic E-state index is 13.0. The number of nitrogens with zero attached hydrogens (tertiary/aromatic N) is 1. The maximum atomic E-state index is 13.0. The molecule has 0 heterocycles. The molecule has 0 fully saturated rings. The van der Waals surface area contributed by atoms with Gasteiger partial charge < -0.3 is 0 Å². The first-order chi connectivity index (χ1) is 5.25. The van der Waals surface area contributed by atoms with E-state index in [2.05, 4.69) is 38.3 Å². The summed E-state index contributed by atoms with van der Waals surface area (Å²) in [5, 5.41) is 2.10. The second kappa shape index (κ2) is 3.72. The minimum atomic E-state index is -0.412. The van der Waals surface area contributed by atoms with Crippen LogP contribution < -0.4 is 0 Å². The molecular formula is C7H3BrFNS. The van der Waals surface area contributed by atoms with E-state index in [1.807, 2.05) is 0 Å². The highest BCUT2D eigenvalue weighted by molar-refractivity contribution is 9.10. The van der Waals surface area contributed by atoms with Crippen molar-refractivity contribution >= 4 is 39.0 Å². The third-order valence-electron chi connectivity index (χ3n) is 1.10. The van der Waals surface area contributed by atoms with Crippen molar-refractivity contribution in [1.29, 1.82) is 0 Å². The first-order valence-electron chi connectivity index (χ1n) is 2.77. The van der Waals surface area contributed by atoms with E-state index in [4.69, 9.17) is 0 Å². The van der Waals surface area contributed by atoms with Crippen molar-refractivity contribution in [3.8, 4) is 0 Å². The smallest absolute Gasteiger partial charge is 0.163 e. The summed E-state index contributed by atoms with van der Waals surface area (Å²) in [6.45, 7) is 0. The van der Waals surface area contributed by atoms with Gasteiger partial charge in [-0.15, -0.1) is 0 Å². The molecule has 0 spiro atoms. The monoisotopic (exact) mass is 231 g/mol. The van der Waals surface area contributed by atoms with Gasteiger partial charge in [0.05, 0.1) is 9.63 Å². The van der Waals surface area contributed by atoms with Crippen molar-refractivity contribution in [1.82, 2.24) is 0 Å². The Morgan fingerprint density at radius 1 is 1.55 bits per heavy atom. The van der Waals surface area contributed by atoms with Gasteiger partial charge in [-0.3, -0.25) is 0 Å². The number of halogens is 2. The van der Waals surface area contributed by atoms with Gasteiger partial charge in [-0.25, -0.2) is 4.39 Å². The van der Waals surface area contributed by atoms with E-state index in [1.165, 1.54) is 6.07 Å². The fourth-order valence-electron chi connectivity index (χ4n) is 0.628. The van der Waals surface area contributed by atoms with Crippen LogP contribution in [0.25, 0.3) is 0 Å². The molecule has 0 N–H and O–H groups in total. The third-order valence-corrected chi connectivity index (χ3v) is 1.80. The normalized spacial score (nSPS) is 8.91. The van der Waals surface area contributed by atoms with Gasteiger partial charge in [0.15, 0.2) is 5.82 Å². The first-order valence-corrected chi connectivity index (χ1v) is 3.97. The van der Waals surface area contributed by atoms with Crippen LogP contribution in [0.2, 0.25) is 0 Å². The Kier molecular flexibility index (Phi) is 2.88. The van der Waals surface area contributed by atoms with Gasteiger partial charge in [-0.05, 0) is 40.3 Å². The standard InChI is InChI=1S/C7H3BrFNS/c8-5-2-1-3-6(7(5)9)10-4-11/h1-3H. The number of hydrogen-bond donors (Lipinski definition) is 0. The summed E-state index contributed by atoms with van der Waals surface area (Å²) in [5.41, 5.74) is 0.203. The predicted molar refractivity (Wildman–Crippen MR) is 48.8 cm³/mol. The summed E-state index contributed by atoms with van der Waals surface area (Å²) in [6, 6.07) is 4.80. The second-order valence-corrected chi connectivity index (χ2v) is 2.81. The zero-order chi connectivity index (χ0) is 8.27. The lowest BCUT2D eigenvalue weighted by Gasteiger charge is -1.94. The minimum Gasteiger partial charge on any atom is -0.203 e. The molecular weight excluding hydrogens is 229 g/mol. The van der Waals surface area contributed by atoms with Crippen molar-refractivity contribution < 1.29 is 4.39 Å². The summed E-state index contributed by atoms with van der Waals surface area (Å²) in [4.78, 5) is 3.53. The molecule has 0 aliphatic heterocycles. The Labute approximate surface area is 77.1 Å². The molecule has 1 rings (SSSR count). The molecule has 4 heteroatoms. The van der Waals surface area contributed by atoms with E-state index in [0.717, 1.165) is 0 Å². The van der Waals surface area contributed by atoms with Crippen LogP contribution >= 0.6 is 28.1 Å². The Balaban J connectivity index is 3.26. The van der Waals surface area contributed by atoms with Crippen LogP contribution in [-0.2, 0) is 0 Å². The highest BCUT2D eigenvalue weighted by Crippen LogP contribution is 2.24. The lowest BCUT2D eigenvalue weighted by Crippen LogP contribution is -1.76. The lowest BCUT2D eigenvalue weighted by atomic mass is 10.3. The average molecular weight is 232 g/mol. The highest BCUT2D eigenvalue weighted by atomic mass is 79.9. The second-order valence-electron chi connectivity index (χ2n) is 1.78. The van der Waals surface area contributed by atoms with Crippen LogP contribution in [0.4, 0.5) is 10.1 Å². The van der Waals surface area contributed by atoms with Gasteiger partial charge in [0.1, 0.15) is 5.69 Å². The van der Waals surface area contributed by atoms with Crippen LogP contribution in [-0.4, -0.2) is 5.16 Å². The lowest BCUT2D eigenvalue weighted by molar-refractivity contribution is 0.623. The van der Waals surface area contributed by atoms with Crippen molar-refractivity contribution in [3.63, 3.8) is 0 Å². The molecule has 0 saturated carbocycles. The molecule has 1 aromatic carbocycles. The van der Waals surface area contributed by atoms with Gasteiger partial charge in [0.2, 0.25) is 0 Å². The Morgan fingerprint density at radius 2 is 2.27 bits per heavy atom. The topological polar surface area (TPSA) is 12.4 Å². The van der Waals surface area contributed by atoms with Gasteiger partial charge in [0, 0.05) is 0 Å². The molecule has 0 saturated heterocycles. The Bertz CT molecular complexity index is 320. The van der Waals surface area contributed by atoms with Crippen LogP contribution in [0.3, 0.4) is 0 Å². The number of isothiocyanates is 1. The molecule has 0 radical (unpaired) electrons. The van der Waals surface area contributed by atoms with E-state index in [9.17, 15) is 4.39 Å². The van der Waals surface area contributed by atoms with E-state index in [0.29, 0.717) is 4.47 Å². The largest absolute Gasteiger partial charge is 0.203 e. The molecule has 0 atom stereocenters. The fourth-order valence-corrected chi connectivity index (χ4v) is 1.08. The fraction of sp³-hybridized carbons (Fsp3) is 0. The SMILES string of the molecule is Fc1c(Br)cccc1N=C=S. The number of hydrogen-bond acceptors (Lipinski definition) is 2. The molecule has 11 heavy (non-hydrogen) atoms. The molecule has 1 aromatic rings. The average Bonchev–Trinajstić information content (AvgIpc) is 1.99. The summed E-state index contributed by atoms with van der Waals surface area (Å²) >= 11 is 7.36. The van der Waals surface area contributed by atoms with Crippen LogP contribution in [0.1, 0.15) is 0 Å². The number of thiocarbonyl (C=S) groups is 1. The summed E-state index contributed by atoms with van der Waals surface area (Å²) in [7, 11) is 0.